The molecule has 0 radical (unpaired) electrons. The van der Waals surface area contributed by atoms with E-state index in [9.17, 15) is 18.4 Å². The third-order valence-electron chi connectivity index (χ3n) is 2.92. The number of para-hydroxylation sites is 1. The zero-order valence-electron chi connectivity index (χ0n) is 11.0. The van der Waals surface area contributed by atoms with Gasteiger partial charge in [-0.2, -0.15) is 8.78 Å². The third-order valence-corrected chi connectivity index (χ3v) is 2.92. The van der Waals surface area contributed by atoms with E-state index in [0.29, 0.717) is 0 Å². The molecule has 0 aromatic heterocycles. The number of rotatable bonds is 6. The van der Waals surface area contributed by atoms with Crippen LogP contribution < -0.4 is 10.1 Å². The fourth-order valence-electron chi connectivity index (χ4n) is 1.46. The minimum atomic E-state index is -3.07. The van der Waals surface area contributed by atoms with Crippen LogP contribution in [0.25, 0.3) is 0 Å². The van der Waals surface area contributed by atoms with Gasteiger partial charge in [-0.15, -0.1) is 0 Å². The normalized spacial score (nSPS) is 13.7. The molecule has 7 heteroatoms. The van der Waals surface area contributed by atoms with Gasteiger partial charge in [0.1, 0.15) is 11.3 Å². The molecule has 0 fully saturated rings. The van der Waals surface area contributed by atoms with Gasteiger partial charge >= 0.3 is 12.6 Å². The smallest absolute Gasteiger partial charge is 0.387 e. The van der Waals surface area contributed by atoms with Crippen LogP contribution in [-0.4, -0.2) is 29.1 Å². The van der Waals surface area contributed by atoms with Crippen LogP contribution in [0, 0.1) is 0 Å². The summed E-state index contributed by atoms with van der Waals surface area (Å²) in [7, 11) is 0. The minimum Gasteiger partial charge on any atom is -0.480 e. The van der Waals surface area contributed by atoms with Crippen LogP contribution in [0.3, 0.4) is 0 Å². The Kier molecular flexibility index (Phi) is 5.01. The molecule has 20 heavy (non-hydrogen) atoms. The number of nitrogens with one attached hydrogen (secondary N) is 1. The topological polar surface area (TPSA) is 75.6 Å². The van der Waals surface area contributed by atoms with Crippen molar-refractivity contribution in [1.82, 2.24) is 5.32 Å². The molecule has 0 aliphatic heterocycles. The van der Waals surface area contributed by atoms with Crippen molar-refractivity contribution in [2.75, 3.05) is 0 Å². The number of ether oxygens (including phenoxy) is 1. The first-order chi connectivity index (χ1) is 9.30. The van der Waals surface area contributed by atoms with Crippen molar-refractivity contribution in [3.8, 4) is 5.75 Å². The molecule has 1 unspecified atom stereocenters. The molecule has 5 nitrogen and oxygen atoms in total. The maximum atomic E-state index is 12.2. The number of hydrogen-bond donors (Lipinski definition) is 2. The van der Waals surface area contributed by atoms with Gasteiger partial charge in [-0.25, -0.2) is 4.79 Å². The summed E-state index contributed by atoms with van der Waals surface area (Å²) < 4.78 is 28.7. The molecule has 0 aliphatic rings. The van der Waals surface area contributed by atoms with E-state index < -0.39 is 24.0 Å². The molecule has 1 aromatic rings. The predicted molar refractivity (Wildman–Crippen MR) is 66.9 cm³/mol. The Bertz CT molecular complexity index is 507. The SMILES string of the molecule is CCC(C)(NC(=O)c1ccccc1OC(F)F)C(=O)O. The summed E-state index contributed by atoms with van der Waals surface area (Å²) in [6.07, 6.45) is 0.145. The number of carbonyl (C=O) groups is 2. The van der Waals surface area contributed by atoms with Crippen molar-refractivity contribution < 1.29 is 28.2 Å². The number of carboxylic acid groups (broad SMARTS) is 1. The number of amides is 1. The Hall–Kier alpha value is -2.18. The first-order valence-electron chi connectivity index (χ1n) is 5.90. The maximum Gasteiger partial charge on any atom is 0.387 e. The first kappa shape index (κ1) is 15.9. The lowest BCUT2D eigenvalue weighted by Gasteiger charge is -2.25. The second-order valence-corrected chi connectivity index (χ2v) is 4.32. The average Bonchev–Trinajstić information content (AvgIpc) is 2.38. The minimum absolute atomic E-state index is 0.145. The van der Waals surface area contributed by atoms with Gasteiger partial charge in [-0.05, 0) is 25.5 Å². The molecule has 110 valence electrons. The number of halogens is 2. The summed E-state index contributed by atoms with van der Waals surface area (Å²) in [5, 5.41) is 11.4. The molecule has 0 saturated carbocycles. The molecular formula is C13H15F2NO4. The molecule has 0 saturated heterocycles. The largest absolute Gasteiger partial charge is 0.480 e. The zero-order chi connectivity index (χ0) is 15.3. The summed E-state index contributed by atoms with van der Waals surface area (Å²) in [5.74, 6) is -2.29. The van der Waals surface area contributed by atoms with Gasteiger partial charge in [-0.1, -0.05) is 19.1 Å². The second-order valence-electron chi connectivity index (χ2n) is 4.32. The number of hydrogen-bond acceptors (Lipinski definition) is 3. The highest BCUT2D eigenvalue weighted by atomic mass is 19.3. The lowest BCUT2D eigenvalue weighted by molar-refractivity contribution is -0.143. The summed E-state index contributed by atoms with van der Waals surface area (Å²) in [6.45, 7) is -0.138. The lowest BCUT2D eigenvalue weighted by Crippen LogP contribution is -2.51. The summed E-state index contributed by atoms with van der Waals surface area (Å²) >= 11 is 0. The van der Waals surface area contributed by atoms with Crippen LogP contribution in [0.15, 0.2) is 24.3 Å². The van der Waals surface area contributed by atoms with E-state index in [1.54, 1.807) is 6.92 Å². The number of alkyl halides is 2. The van der Waals surface area contributed by atoms with E-state index in [1.807, 2.05) is 0 Å². The number of aliphatic carboxylic acids is 1. The highest BCUT2D eigenvalue weighted by Gasteiger charge is 2.33. The fraction of sp³-hybridized carbons (Fsp3) is 0.385. The fourth-order valence-corrected chi connectivity index (χ4v) is 1.46. The quantitative estimate of drug-likeness (QED) is 0.841. The van der Waals surface area contributed by atoms with Crippen molar-refractivity contribution >= 4 is 11.9 Å². The standard InChI is InChI=1S/C13H15F2NO4/c1-3-13(2,11(18)19)16-10(17)8-6-4-5-7-9(8)20-12(14)15/h4-7,12H,3H2,1-2H3,(H,16,17)(H,18,19). The van der Waals surface area contributed by atoms with E-state index in [4.69, 9.17) is 5.11 Å². The summed E-state index contributed by atoms with van der Waals surface area (Å²) in [4.78, 5) is 23.1. The molecule has 0 heterocycles. The summed E-state index contributed by atoms with van der Waals surface area (Å²) in [5.41, 5.74) is -1.62. The molecule has 1 aromatic carbocycles. The van der Waals surface area contributed by atoms with E-state index in [1.165, 1.54) is 31.2 Å². The highest BCUT2D eigenvalue weighted by molar-refractivity contribution is 5.99. The van der Waals surface area contributed by atoms with Crippen molar-refractivity contribution in [3.05, 3.63) is 29.8 Å². The van der Waals surface area contributed by atoms with Crippen molar-refractivity contribution in [1.29, 1.82) is 0 Å². The molecule has 0 bridgehead atoms. The number of carboxylic acids is 1. The number of carbonyl (C=O) groups excluding carboxylic acids is 1. The van der Waals surface area contributed by atoms with Crippen molar-refractivity contribution in [2.45, 2.75) is 32.4 Å². The Labute approximate surface area is 114 Å². The molecule has 0 spiro atoms. The van der Waals surface area contributed by atoms with Gasteiger partial charge in [0.2, 0.25) is 0 Å². The number of benzene rings is 1. The Morgan fingerprint density at radius 3 is 2.50 bits per heavy atom. The Balaban J connectivity index is 3.01. The van der Waals surface area contributed by atoms with Crippen LogP contribution in [0.1, 0.15) is 30.6 Å². The Morgan fingerprint density at radius 2 is 2.00 bits per heavy atom. The zero-order valence-corrected chi connectivity index (χ0v) is 11.0. The van der Waals surface area contributed by atoms with Gasteiger partial charge < -0.3 is 15.2 Å². The molecule has 0 aliphatic carbocycles. The Morgan fingerprint density at radius 1 is 1.40 bits per heavy atom. The van der Waals surface area contributed by atoms with E-state index in [2.05, 4.69) is 10.1 Å². The molecular weight excluding hydrogens is 272 g/mol. The first-order valence-corrected chi connectivity index (χ1v) is 5.90. The van der Waals surface area contributed by atoms with Gasteiger partial charge in [-0.3, -0.25) is 4.79 Å². The van der Waals surface area contributed by atoms with Crippen LogP contribution in [-0.2, 0) is 4.79 Å². The average molecular weight is 287 g/mol. The van der Waals surface area contributed by atoms with E-state index in [-0.39, 0.29) is 17.7 Å². The van der Waals surface area contributed by atoms with Crippen molar-refractivity contribution in [3.63, 3.8) is 0 Å². The van der Waals surface area contributed by atoms with E-state index in [0.717, 1.165) is 0 Å². The van der Waals surface area contributed by atoms with Gasteiger partial charge in [0.15, 0.2) is 0 Å². The highest BCUT2D eigenvalue weighted by Crippen LogP contribution is 2.21. The van der Waals surface area contributed by atoms with Crippen molar-refractivity contribution in [2.24, 2.45) is 0 Å². The van der Waals surface area contributed by atoms with E-state index >= 15 is 0 Å². The maximum absolute atomic E-state index is 12.2. The predicted octanol–water partition coefficient (Wildman–Crippen LogP) is 2.27. The van der Waals surface area contributed by atoms with Crippen LogP contribution in [0.2, 0.25) is 0 Å². The van der Waals surface area contributed by atoms with Crippen LogP contribution >= 0.6 is 0 Å². The van der Waals surface area contributed by atoms with Crippen LogP contribution in [0.5, 0.6) is 5.75 Å². The summed E-state index contributed by atoms with van der Waals surface area (Å²) in [6, 6.07) is 5.40. The van der Waals surface area contributed by atoms with Gasteiger partial charge in [0.05, 0.1) is 5.56 Å². The second kappa shape index (κ2) is 6.31. The molecule has 2 N–H and O–H groups in total. The van der Waals surface area contributed by atoms with Gasteiger partial charge in [0.25, 0.3) is 5.91 Å². The van der Waals surface area contributed by atoms with Crippen LogP contribution in [0.4, 0.5) is 8.78 Å². The van der Waals surface area contributed by atoms with Gasteiger partial charge in [0, 0.05) is 0 Å². The molecule has 1 amide bonds. The molecule has 1 rings (SSSR count). The lowest BCUT2D eigenvalue weighted by atomic mass is 9.98. The third kappa shape index (κ3) is 3.66. The monoisotopic (exact) mass is 287 g/mol. The molecule has 1 atom stereocenters.